The predicted octanol–water partition coefficient (Wildman–Crippen LogP) is 1.24. The van der Waals surface area contributed by atoms with Gasteiger partial charge in [-0.2, -0.15) is 0 Å². The van der Waals surface area contributed by atoms with E-state index in [1.807, 2.05) is 0 Å². The van der Waals surface area contributed by atoms with Crippen LogP contribution < -0.4 is 16.6 Å². The van der Waals surface area contributed by atoms with Gasteiger partial charge in [0.1, 0.15) is 0 Å². The van der Waals surface area contributed by atoms with Crippen LogP contribution in [0.4, 0.5) is 0 Å². The smallest absolute Gasteiger partial charge is 0.255 e. The fourth-order valence-corrected chi connectivity index (χ4v) is 3.51. The summed E-state index contributed by atoms with van der Waals surface area (Å²) in [5.74, 6) is -1.09. The number of hydrogen-bond acceptors (Lipinski definition) is 4. The van der Waals surface area contributed by atoms with Crippen molar-refractivity contribution in [3.63, 3.8) is 0 Å². The Labute approximate surface area is 157 Å². The first-order valence-electron chi connectivity index (χ1n) is 8.90. The van der Waals surface area contributed by atoms with E-state index in [1.54, 1.807) is 49.7 Å². The number of ether oxygens (including phenoxy) is 1. The minimum absolute atomic E-state index is 0.00164. The van der Waals surface area contributed by atoms with E-state index in [1.165, 1.54) is 10.6 Å². The van der Waals surface area contributed by atoms with Gasteiger partial charge in [0, 0.05) is 36.7 Å². The molecule has 1 saturated carbocycles. The molecule has 7 nitrogen and oxygen atoms in total. The molecule has 1 fully saturated rings. The second-order valence-electron chi connectivity index (χ2n) is 6.72. The van der Waals surface area contributed by atoms with E-state index in [4.69, 9.17) is 10.5 Å². The summed E-state index contributed by atoms with van der Waals surface area (Å²) in [5.41, 5.74) is 6.47. The van der Waals surface area contributed by atoms with Gasteiger partial charge in [-0.15, -0.1) is 0 Å². The average Bonchev–Trinajstić information content (AvgIpc) is 2.68. The quantitative estimate of drug-likeness (QED) is 0.827. The third kappa shape index (κ3) is 4.25. The molecule has 1 aromatic heterocycles. The molecule has 142 valence electrons. The third-order valence-corrected chi connectivity index (χ3v) is 5.05. The van der Waals surface area contributed by atoms with Gasteiger partial charge < -0.3 is 15.8 Å². The molecule has 1 aromatic carbocycles. The maximum atomic E-state index is 12.6. The fourth-order valence-electron chi connectivity index (χ4n) is 3.51. The van der Waals surface area contributed by atoms with Crippen molar-refractivity contribution >= 4 is 11.8 Å². The van der Waals surface area contributed by atoms with Crippen LogP contribution in [-0.2, 0) is 9.53 Å². The summed E-state index contributed by atoms with van der Waals surface area (Å²) in [6.07, 6.45) is 3.55. The van der Waals surface area contributed by atoms with Gasteiger partial charge in [0.2, 0.25) is 5.91 Å². The largest absolute Gasteiger partial charge is 0.381 e. The first-order chi connectivity index (χ1) is 13.0. The molecule has 27 heavy (non-hydrogen) atoms. The number of primary amides is 1. The number of rotatable bonds is 5. The topological polar surface area (TPSA) is 103 Å². The molecule has 2 aromatic rings. The van der Waals surface area contributed by atoms with Crippen LogP contribution in [-0.4, -0.2) is 35.6 Å². The summed E-state index contributed by atoms with van der Waals surface area (Å²) in [6, 6.07) is 11.3. The number of amides is 2. The van der Waals surface area contributed by atoms with Crippen LogP contribution in [0.2, 0.25) is 0 Å². The fraction of sp³-hybridized carbons (Fsp3) is 0.350. The van der Waals surface area contributed by atoms with E-state index < -0.39 is 11.8 Å². The number of carbonyl (C=O) groups is 2. The molecular formula is C20H23N3O4. The molecule has 0 bridgehead atoms. The molecule has 3 rings (SSSR count). The lowest BCUT2D eigenvalue weighted by atomic mass is 9.82. The van der Waals surface area contributed by atoms with Gasteiger partial charge in [0.05, 0.1) is 12.0 Å². The Morgan fingerprint density at radius 2 is 1.89 bits per heavy atom. The Morgan fingerprint density at radius 1 is 1.15 bits per heavy atom. The van der Waals surface area contributed by atoms with Crippen molar-refractivity contribution in [1.82, 2.24) is 9.88 Å². The van der Waals surface area contributed by atoms with Crippen molar-refractivity contribution in [2.45, 2.75) is 31.4 Å². The lowest BCUT2D eigenvalue weighted by Gasteiger charge is -2.34. The number of nitrogens with two attached hydrogens (primary N) is 1. The van der Waals surface area contributed by atoms with E-state index in [2.05, 4.69) is 5.32 Å². The second-order valence-corrected chi connectivity index (χ2v) is 6.72. The minimum Gasteiger partial charge on any atom is -0.381 e. The highest BCUT2D eigenvalue weighted by atomic mass is 16.5. The zero-order valence-corrected chi connectivity index (χ0v) is 15.1. The van der Waals surface area contributed by atoms with Gasteiger partial charge in [-0.05, 0) is 49.6 Å². The lowest BCUT2D eigenvalue weighted by molar-refractivity contribution is -0.124. The van der Waals surface area contributed by atoms with E-state index in [9.17, 15) is 14.4 Å². The summed E-state index contributed by atoms with van der Waals surface area (Å²) < 4.78 is 6.87. The van der Waals surface area contributed by atoms with Crippen molar-refractivity contribution in [3.8, 4) is 5.69 Å². The molecule has 1 aliphatic rings. The van der Waals surface area contributed by atoms with Gasteiger partial charge in [-0.25, -0.2) is 0 Å². The van der Waals surface area contributed by atoms with Crippen LogP contribution in [0.1, 0.15) is 29.6 Å². The van der Waals surface area contributed by atoms with E-state index in [0.717, 1.165) is 6.42 Å². The predicted molar refractivity (Wildman–Crippen MR) is 101 cm³/mol. The number of methoxy groups -OCH3 is 1. The SMILES string of the molecule is COC1CCC(C(N)=O)C(NC(=O)c2ccc(-n3ccccc3=O)cc2)C1. The molecule has 3 unspecified atom stereocenters. The first-order valence-corrected chi connectivity index (χ1v) is 8.90. The first kappa shape index (κ1) is 18.8. The molecular weight excluding hydrogens is 346 g/mol. The third-order valence-electron chi connectivity index (χ3n) is 5.05. The van der Waals surface area contributed by atoms with Crippen LogP contribution in [0.5, 0.6) is 0 Å². The molecule has 1 aliphatic carbocycles. The zero-order valence-electron chi connectivity index (χ0n) is 15.1. The molecule has 0 saturated heterocycles. The number of nitrogens with zero attached hydrogens (tertiary/aromatic N) is 1. The van der Waals surface area contributed by atoms with Crippen LogP contribution in [0.25, 0.3) is 5.69 Å². The molecule has 3 atom stereocenters. The summed E-state index contributed by atoms with van der Waals surface area (Å²) >= 11 is 0. The molecule has 3 N–H and O–H groups in total. The lowest BCUT2D eigenvalue weighted by Crippen LogP contribution is -2.50. The Hall–Kier alpha value is -2.93. The van der Waals surface area contributed by atoms with E-state index >= 15 is 0 Å². The summed E-state index contributed by atoms with van der Waals surface area (Å²) in [5, 5.41) is 2.91. The number of hydrogen-bond donors (Lipinski definition) is 2. The van der Waals surface area contributed by atoms with Gasteiger partial charge >= 0.3 is 0 Å². The number of benzene rings is 1. The highest BCUT2D eigenvalue weighted by molar-refractivity contribution is 5.95. The Balaban J connectivity index is 1.74. The van der Waals surface area contributed by atoms with Crippen molar-refractivity contribution in [2.24, 2.45) is 11.7 Å². The van der Waals surface area contributed by atoms with Crippen molar-refractivity contribution in [1.29, 1.82) is 0 Å². The highest BCUT2D eigenvalue weighted by Crippen LogP contribution is 2.26. The number of nitrogens with one attached hydrogen (secondary N) is 1. The standard InChI is InChI=1S/C20H23N3O4/c1-27-15-9-10-16(19(21)25)17(12-15)22-20(26)13-5-7-14(8-6-13)23-11-3-2-4-18(23)24/h2-8,11,15-17H,9-10,12H2,1H3,(H2,21,25)(H,22,26). The average molecular weight is 369 g/mol. The second kappa shape index (κ2) is 8.18. The Morgan fingerprint density at radius 3 is 2.52 bits per heavy atom. The molecule has 2 amide bonds. The molecule has 0 radical (unpaired) electrons. The maximum Gasteiger partial charge on any atom is 0.255 e. The molecule has 1 heterocycles. The summed E-state index contributed by atoms with van der Waals surface area (Å²) in [6.45, 7) is 0. The van der Waals surface area contributed by atoms with Gasteiger partial charge in [0.25, 0.3) is 11.5 Å². The zero-order chi connectivity index (χ0) is 19.4. The van der Waals surface area contributed by atoms with Crippen LogP contribution in [0.15, 0.2) is 53.5 Å². The minimum atomic E-state index is -0.409. The molecule has 7 heteroatoms. The molecule has 0 aliphatic heterocycles. The van der Waals surface area contributed by atoms with E-state index in [0.29, 0.717) is 24.1 Å². The highest BCUT2D eigenvalue weighted by Gasteiger charge is 2.35. The summed E-state index contributed by atoms with van der Waals surface area (Å²) in [4.78, 5) is 36.2. The van der Waals surface area contributed by atoms with Crippen LogP contribution in [0, 0.1) is 5.92 Å². The number of carbonyl (C=O) groups excluding carboxylic acids is 2. The summed E-state index contributed by atoms with van der Waals surface area (Å²) in [7, 11) is 1.62. The number of pyridine rings is 1. The van der Waals surface area contributed by atoms with Gasteiger partial charge in [-0.3, -0.25) is 19.0 Å². The maximum absolute atomic E-state index is 12.6. The van der Waals surface area contributed by atoms with Crippen LogP contribution >= 0.6 is 0 Å². The Bertz CT molecular complexity index is 875. The van der Waals surface area contributed by atoms with Gasteiger partial charge in [-0.1, -0.05) is 6.07 Å². The van der Waals surface area contributed by atoms with E-state index in [-0.39, 0.29) is 23.6 Å². The Kier molecular flexibility index (Phi) is 5.71. The monoisotopic (exact) mass is 369 g/mol. The number of aromatic nitrogens is 1. The van der Waals surface area contributed by atoms with Crippen molar-refractivity contribution < 1.29 is 14.3 Å². The van der Waals surface area contributed by atoms with Crippen LogP contribution in [0.3, 0.4) is 0 Å². The normalized spacial score (nSPS) is 22.2. The van der Waals surface area contributed by atoms with Gasteiger partial charge in [0.15, 0.2) is 0 Å². The molecule has 0 spiro atoms. The van der Waals surface area contributed by atoms with Crippen molar-refractivity contribution in [2.75, 3.05) is 7.11 Å². The van der Waals surface area contributed by atoms with Crippen molar-refractivity contribution in [3.05, 3.63) is 64.6 Å².